The first-order valence-corrected chi connectivity index (χ1v) is 10.7. The van der Waals surface area contributed by atoms with E-state index in [2.05, 4.69) is 0 Å². The van der Waals surface area contributed by atoms with Gasteiger partial charge in [0.1, 0.15) is 0 Å². The van der Waals surface area contributed by atoms with Crippen molar-refractivity contribution in [2.45, 2.75) is 45.2 Å². The van der Waals surface area contributed by atoms with Gasteiger partial charge in [0.2, 0.25) is 10.0 Å². The maximum Gasteiger partial charge on any atom is 0.253 e. The molecule has 0 saturated heterocycles. The van der Waals surface area contributed by atoms with Crippen LogP contribution in [0.15, 0.2) is 59.5 Å². The molecule has 0 aliphatic rings. The zero-order valence-corrected chi connectivity index (χ0v) is 17.2. The Bertz CT molecular complexity index is 860. The Kier molecular flexibility index (Phi) is 7.16. The molecule has 0 fully saturated rings. The minimum absolute atomic E-state index is 0.144. The van der Waals surface area contributed by atoms with Crippen LogP contribution < -0.4 is 0 Å². The lowest BCUT2D eigenvalue weighted by Gasteiger charge is -2.26. The van der Waals surface area contributed by atoms with Crippen LogP contribution >= 0.6 is 0 Å². The van der Waals surface area contributed by atoms with Crippen LogP contribution in [0, 0.1) is 0 Å². The van der Waals surface area contributed by atoms with Crippen LogP contribution in [0.4, 0.5) is 0 Å². The first-order valence-electron chi connectivity index (χ1n) is 9.26. The first-order chi connectivity index (χ1) is 12.8. The Morgan fingerprint density at radius 1 is 0.963 bits per heavy atom. The van der Waals surface area contributed by atoms with Gasteiger partial charge in [0.25, 0.3) is 5.91 Å². The minimum Gasteiger partial charge on any atom is -0.339 e. The summed E-state index contributed by atoms with van der Waals surface area (Å²) in [6, 6.07) is 15.6. The predicted molar refractivity (Wildman–Crippen MR) is 108 cm³/mol. The average molecular weight is 389 g/mol. The van der Waals surface area contributed by atoms with E-state index in [1.165, 1.54) is 10.4 Å². The summed E-state index contributed by atoms with van der Waals surface area (Å²) in [5.41, 5.74) is 1.31. The molecule has 2 aromatic rings. The van der Waals surface area contributed by atoms with Gasteiger partial charge in [-0.25, -0.2) is 8.42 Å². The summed E-state index contributed by atoms with van der Waals surface area (Å²) in [4.78, 5) is 14.4. The molecule has 0 aliphatic carbocycles. The summed E-state index contributed by atoms with van der Waals surface area (Å²) in [5, 5.41) is 0. The summed E-state index contributed by atoms with van der Waals surface area (Å²) in [6.07, 6.45) is 0. The SMILES string of the molecule is CCN(CC)C(=O)c1cccc(S(=O)(=O)N(Cc2ccccc2)C(C)C)c1. The molecule has 1 amide bonds. The van der Waals surface area contributed by atoms with Crippen molar-refractivity contribution < 1.29 is 13.2 Å². The molecular formula is C21H28N2O3S. The van der Waals surface area contributed by atoms with Crippen LogP contribution in [0.25, 0.3) is 0 Å². The maximum atomic E-state index is 13.3. The third-order valence-electron chi connectivity index (χ3n) is 4.50. The number of sulfonamides is 1. The second kappa shape index (κ2) is 9.15. The van der Waals surface area contributed by atoms with Crippen LogP contribution in [0.3, 0.4) is 0 Å². The molecule has 6 heteroatoms. The number of carbonyl (C=O) groups is 1. The van der Waals surface area contributed by atoms with Gasteiger partial charge in [-0.3, -0.25) is 4.79 Å². The van der Waals surface area contributed by atoms with E-state index in [0.29, 0.717) is 18.7 Å². The molecule has 2 rings (SSSR count). The van der Waals surface area contributed by atoms with Crippen molar-refractivity contribution in [1.82, 2.24) is 9.21 Å². The van der Waals surface area contributed by atoms with Crippen molar-refractivity contribution in [3.63, 3.8) is 0 Å². The Labute approximate surface area is 162 Å². The van der Waals surface area contributed by atoms with Gasteiger partial charge < -0.3 is 4.90 Å². The fourth-order valence-corrected chi connectivity index (χ4v) is 4.60. The number of benzene rings is 2. The summed E-state index contributed by atoms with van der Waals surface area (Å²) in [7, 11) is -3.73. The van der Waals surface area contributed by atoms with Gasteiger partial charge in [0, 0.05) is 31.2 Å². The van der Waals surface area contributed by atoms with Crippen molar-refractivity contribution in [2.75, 3.05) is 13.1 Å². The highest BCUT2D eigenvalue weighted by atomic mass is 32.2. The van der Waals surface area contributed by atoms with Crippen LogP contribution in [-0.4, -0.2) is 42.7 Å². The van der Waals surface area contributed by atoms with E-state index in [-0.39, 0.29) is 23.4 Å². The molecular weight excluding hydrogens is 360 g/mol. The summed E-state index contributed by atoms with van der Waals surface area (Å²) in [5.74, 6) is -0.156. The zero-order valence-electron chi connectivity index (χ0n) is 16.4. The number of rotatable bonds is 8. The molecule has 5 nitrogen and oxygen atoms in total. The molecule has 0 radical (unpaired) electrons. The second-order valence-electron chi connectivity index (χ2n) is 6.63. The van der Waals surface area contributed by atoms with Crippen molar-refractivity contribution in [3.8, 4) is 0 Å². The lowest BCUT2D eigenvalue weighted by molar-refractivity contribution is 0.0772. The van der Waals surface area contributed by atoms with Crippen LogP contribution in [0.1, 0.15) is 43.6 Å². The smallest absolute Gasteiger partial charge is 0.253 e. The van der Waals surface area contributed by atoms with Crippen molar-refractivity contribution >= 4 is 15.9 Å². The molecule has 0 bridgehead atoms. The first kappa shape index (κ1) is 21.1. The standard InChI is InChI=1S/C21H28N2O3S/c1-5-22(6-2)21(24)19-13-10-14-20(15-19)27(25,26)23(17(3)4)16-18-11-8-7-9-12-18/h7-15,17H,5-6,16H2,1-4H3. The van der Waals surface area contributed by atoms with E-state index in [4.69, 9.17) is 0 Å². The lowest BCUT2D eigenvalue weighted by atomic mass is 10.2. The quantitative estimate of drug-likeness (QED) is 0.692. The molecule has 0 saturated carbocycles. The molecule has 27 heavy (non-hydrogen) atoms. The van der Waals surface area contributed by atoms with Gasteiger partial charge in [-0.05, 0) is 51.5 Å². The van der Waals surface area contributed by atoms with E-state index in [1.807, 2.05) is 58.0 Å². The number of carbonyl (C=O) groups excluding carboxylic acids is 1. The van der Waals surface area contributed by atoms with Crippen molar-refractivity contribution in [1.29, 1.82) is 0 Å². The van der Waals surface area contributed by atoms with E-state index in [9.17, 15) is 13.2 Å². The van der Waals surface area contributed by atoms with Crippen LogP contribution in [0.5, 0.6) is 0 Å². The van der Waals surface area contributed by atoms with Gasteiger partial charge >= 0.3 is 0 Å². The number of hydrogen-bond acceptors (Lipinski definition) is 3. The molecule has 0 atom stereocenters. The van der Waals surface area contributed by atoms with Crippen molar-refractivity contribution in [3.05, 3.63) is 65.7 Å². The minimum atomic E-state index is -3.73. The number of hydrogen-bond donors (Lipinski definition) is 0. The monoisotopic (exact) mass is 388 g/mol. The molecule has 0 aromatic heterocycles. The Hall–Kier alpha value is -2.18. The average Bonchev–Trinajstić information content (AvgIpc) is 2.67. The fraction of sp³-hybridized carbons (Fsp3) is 0.381. The van der Waals surface area contributed by atoms with E-state index in [1.54, 1.807) is 23.1 Å². The summed E-state index contributed by atoms with van der Waals surface area (Å²) >= 11 is 0. The molecule has 0 heterocycles. The van der Waals surface area contributed by atoms with E-state index in [0.717, 1.165) is 5.56 Å². The molecule has 2 aromatic carbocycles. The highest BCUT2D eigenvalue weighted by molar-refractivity contribution is 7.89. The summed E-state index contributed by atoms with van der Waals surface area (Å²) in [6.45, 7) is 8.97. The molecule has 0 unspecified atom stereocenters. The maximum absolute atomic E-state index is 13.3. The topological polar surface area (TPSA) is 57.7 Å². The van der Waals surface area contributed by atoms with Crippen LogP contribution in [-0.2, 0) is 16.6 Å². The van der Waals surface area contributed by atoms with Crippen LogP contribution in [0.2, 0.25) is 0 Å². The summed E-state index contributed by atoms with van der Waals surface area (Å²) < 4.78 is 28.0. The molecule has 0 N–H and O–H groups in total. The highest BCUT2D eigenvalue weighted by Gasteiger charge is 2.28. The van der Waals surface area contributed by atoms with Gasteiger partial charge in [0.05, 0.1) is 4.90 Å². The second-order valence-corrected chi connectivity index (χ2v) is 8.53. The Morgan fingerprint density at radius 2 is 1.59 bits per heavy atom. The van der Waals surface area contributed by atoms with Crippen molar-refractivity contribution in [2.24, 2.45) is 0 Å². The third kappa shape index (κ3) is 4.96. The van der Waals surface area contributed by atoms with Gasteiger partial charge in [0.15, 0.2) is 0 Å². The Balaban J connectivity index is 2.39. The van der Waals surface area contributed by atoms with E-state index < -0.39 is 10.0 Å². The van der Waals surface area contributed by atoms with Gasteiger partial charge in [-0.15, -0.1) is 0 Å². The zero-order chi connectivity index (χ0) is 20.0. The van der Waals surface area contributed by atoms with Gasteiger partial charge in [-0.2, -0.15) is 4.31 Å². The van der Waals surface area contributed by atoms with E-state index >= 15 is 0 Å². The lowest BCUT2D eigenvalue weighted by Crippen LogP contribution is -2.36. The largest absolute Gasteiger partial charge is 0.339 e. The predicted octanol–water partition coefficient (Wildman–Crippen LogP) is 3.77. The number of nitrogens with zero attached hydrogens (tertiary/aromatic N) is 2. The number of amides is 1. The van der Waals surface area contributed by atoms with Gasteiger partial charge in [-0.1, -0.05) is 36.4 Å². The molecule has 146 valence electrons. The molecule has 0 aliphatic heterocycles. The highest BCUT2D eigenvalue weighted by Crippen LogP contribution is 2.22. The normalized spacial score (nSPS) is 11.8. The fourth-order valence-electron chi connectivity index (χ4n) is 2.93. The third-order valence-corrected chi connectivity index (χ3v) is 6.51. The Morgan fingerprint density at radius 3 is 2.15 bits per heavy atom. The molecule has 0 spiro atoms.